The summed E-state index contributed by atoms with van der Waals surface area (Å²) < 4.78 is 18.6. The lowest BCUT2D eigenvalue weighted by Crippen LogP contribution is -2.18. The van der Waals surface area contributed by atoms with Gasteiger partial charge >= 0.3 is 0 Å². The highest BCUT2D eigenvalue weighted by atomic mass is 19.1. The maximum absolute atomic E-state index is 13.5. The number of aromatic nitrogens is 1. The van der Waals surface area contributed by atoms with Crippen LogP contribution in [0.25, 0.3) is 0 Å². The summed E-state index contributed by atoms with van der Waals surface area (Å²) in [4.78, 5) is 2.05. The maximum atomic E-state index is 13.5. The third kappa shape index (κ3) is 2.76. The molecule has 0 radical (unpaired) electrons. The Morgan fingerprint density at radius 1 is 1.22 bits per heavy atom. The van der Waals surface area contributed by atoms with Crippen molar-refractivity contribution in [3.05, 3.63) is 52.7 Å². The zero-order chi connectivity index (χ0) is 13.1. The van der Waals surface area contributed by atoms with Crippen LogP contribution in [0.15, 0.2) is 28.8 Å². The van der Waals surface area contributed by atoms with Crippen molar-refractivity contribution in [2.45, 2.75) is 26.9 Å². The molecule has 0 saturated heterocycles. The van der Waals surface area contributed by atoms with E-state index in [-0.39, 0.29) is 5.82 Å². The molecule has 2 aromatic rings. The van der Waals surface area contributed by atoms with Crippen molar-refractivity contribution < 1.29 is 8.91 Å². The minimum Gasteiger partial charge on any atom is -0.361 e. The molecule has 3 nitrogen and oxygen atoms in total. The lowest BCUT2D eigenvalue weighted by molar-refractivity contribution is 0.310. The predicted molar refractivity (Wildman–Crippen MR) is 67.5 cm³/mol. The second-order valence-corrected chi connectivity index (χ2v) is 4.57. The van der Waals surface area contributed by atoms with Gasteiger partial charge in [0.25, 0.3) is 0 Å². The number of rotatable bonds is 4. The van der Waals surface area contributed by atoms with Gasteiger partial charge in [-0.2, -0.15) is 0 Å². The van der Waals surface area contributed by atoms with Gasteiger partial charge in [0, 0.05) is 24.2 Å². The fourth-order valence-electron chi connectivity index (χ4n) is 1.97. The van der Waals surface area contributed by atoms with E-state index >= 15 is 0 Å². The zero-order valence-electron chi connectivity index (χ0n) is 10.9. The van der Waals surface area contributed by atoms with Crippen molar-refractivity contribution in [2.24, 2.45) is 0 Å². The Labute approximate surface area is 106 Å². The Morgan fingerprint density at radius 3 is 2.56 bits per heavy atom. The monoisotopic (exact) mass is 248 g/mol. The highest BCUT2D eigenvalue weighted by molar-refractivity contribution is 5.21. The lowest BCUT2D eigenvalue weighted by atomic mass is 10.1. The topological polar surface area (TPSA) is 29.3 Å². The van der Waals surface area contributed by atoms with Gasteiger partial charge < -0.3 is 4.52 Å². The Kier molecular flexibility index (Phi) is 3.77. The van der Waals surface area contributed by atoms with E-state index in [1.807, 2.05) is 31.9 Å². The standard InChI is InChI=1S/C14H17FN2O/c1-10-13(11(2)18-16-10)9-17(3)8-12-6-4-5-7-14(12)15/h4-7H,8-9H2,1-3H3. The normalized spacial score (nSPS) is 11.2. The first kappa shape index (κ1) is 12.8. The quantitative estimate of drug-likeness (QED) is 0.832. The molecule has 0 aliphatic rings. The molecule has 1 aromatic heterocycles. The largest absolute Gasteiger partial charge is 0.361 e. The number of halogens is 1. The summed E-state index contributed by atoms with van der Waals surface area (Å²) in [5.74, 6) is 0.663. The average molecular weight is 248 g/mol. The van der Waals surface area contributed by atoms with Crippen LogP contribution < -0.4 is 0 Å². The van der Waals surface area contributed by atoms with E-state index in [4.69, 9.17) is 4.52 Å². The molecule has 0 unspecified atom stereocenters. The van der Waals surface area contributed by atoms with Gasteiger partial charge in [-0.25, -0.2) is 4.39 Å². The van der Waals surface area contributed by atoms with Crippen LogP contribution in [0.1, 0.15) is 22.6 Å². The van der Waals surface area contributed by atoms with Crippen LogP contribution in [-0.2, 0) is 13.1 Å². The van der Waals surface area contributed by atoms with Crippen LogP contribution >= 0.6 is 0 Å². The molecular weight excluding hydrogens is 231 g/mol. The summed E-state index contributed by atoms with van der Waals surface area (Å²) in [6.07, 6.45) is 0. The molecule has 0 saturated carbocycles. The minimum absolute atomic E-state index is 0.164. The molecule has 0 bridgehead atoms. The SMILES string of the molecule is Cc1noc(C)c1CN(C)Cc1ccccc1F. The molecule has 0 spiro atoms. The van der Waals surface area contributed by atoms with Gasteiger partial charge in [0.2, 0.25) is 0 Å². The van der Waals surface area contributed by atoms with E-state index < -0.39 is 0 Å². The molecule has 2 rings (SSSR count). The summed E-state index contributed by atoms with van der Waals surface area (Å²) in [5, 5.41) is 3.92. The Morgan fingerprint density at radius 2 is 1.94 bits per heavy atom. The van der Waals surface area contributed by atoms with Crippen molar-refractivity contribution >= 4 is 0 Å². The Hall–Kier alpha value is -1.68. The highest BCUT2D eigenvalue weighted by Gasteiger charge is 2.12. The molecule has 18 heavy (non-hydrogen) atoms. The van der Waals surface area contributed by atoms with Gasteiger partial charge in [0.15, 0.2) is 0 Å². The van der Waals surface area contributed by atoms with Crippen LogP contribution in [0, 0.1) is 19.7 Å². The molecule has 0 N–H and O–H groups in total. The zero-order valence-corrected chi connectivity index (χ0v) is 10.9. The van der Waals surface area contributed by atoms with Crippen LogP contribution in [0.5, 0.6) is 0 Å². The summed E-state index contributed by atoms with van der Waals surface area (Å²) in [7, 11) is 1.96. The third-order valence-corrected chi connectivity index (χ3v) is 3.01. The van der Waals surface area contributed by atoms with Crippen molar-refractivity contribution in [1.29, 1.82) is 0 Å². The third-order valence-electron chi connectivity index (χ3n) is 3.01. The van der Waals surface area contributed by atoms with E-state index in [0.717, 1.165) is 17.0 Å². The van der Waals surface area contributed by atoms with Crippen LogP contribution in [0.4, 0.5) is 4.39 Å². The first-order valence-electron chi connectivity index (χ1n) is 5.91. The molecule has 96 valence electrons. The first-order valence-corrected chi connectivity index (χ1v) is 5.91. The van der Waals surface area contributed by atoms with Gasteiger partial charge in [-0.05, 0) is 27.0 Å². The highest BCUT2D eigenvalue weighted by Crippen LogP contribution is 2.16. The fourth-order valence-corrected chi connectivity index (χ4v) is 1.97. The van der Waals surface area contributed by atoms with E-state index in [9.17, 15) is 4.39 Å². The van der Waals surface area contributed by atoms with E-state index in [2.05, 4.69) is 5.16 Å². The van der Waals surface area contributed by atoms with E-state index in [0.29, 0.717) is 18.7 Å². The lowest BCUT2D eigenvalue weighted by Gasteiger charge is -2.16. The van der Waals surface area contributed by atoms with Gasteiger partial charge in [0.05, 0.1) is 5.69 Å². The van der Waals surface area contributed by atoms with Gasteiger partial charge in [-0.3, -0.25) is 4.90 Å². The number of benzene rings is 1. The van der Waals surface area contributed by atoms with Gasteiger partial charge in [-0.15, -0.1) is 0 Å². The van der Waals surface area contributed by atoms with E-state index in [1.165, 1.54) is 6.07 Å². The number of hydrogen-bond donors (Lipinski definition) is 0. The second kappa shape index (κ2) is 5.31. The van der Waals surface area contributed by atoms with Crippen molar-refractivity contribution in [1.82, 2.24) is 10.1 Å². The average Bonchev–Trinajstić information content (AvgIpc) is 2.64. The molecule has 0 aliphatic carbocycles. The molecular formula is C14H17FN2O. The number of aryl methyl sites for hydroxylation is 2. The predicted octanol–water partition coefficient (Wildman–Crippen LogP) is 3.06. The smallest absolute Gasteiger partial charge is 0.138 e. The summed E-state index contributed by atoms with van der Waals surface area (Å²) in [6, 6.07) is 6.84. The Bertz CT molecular complexity index is 517. The van der Waals surface area contributed by atoms with Crippen LogP contribution in [0.2, 0.25) is 0 Å². The van der Waals surface area contributed by atoms with E-state index in [1.54, 1.807) is 12.1 Å². The molecule has 0 amide bonds. The fraction of sp³-hybridized carbons (Fsp3) is 0.357. The maximum Gasteiger partial charge on any atom is 0.138 e. The summed E-state index contributed by atoms with van der Waals surface area (Å²) in [5.41, 5.74) is 2.67. The first-order chi connectivity index (χ1) is 8.58. The summed E-state index contributed by atoms with van der Waals surface area (Å²) >= 11 is 0. The molecule has 4 heteroatoms. The minimum atomic E-state index is -0.164. The second-order valence-electron chi connectivity index (χ2n) is 4.57. The van der Waals surface area contributed by atoms with Crippen LogP contribution in [0.3, 0.4) is 0 Å². The molecule has 1 heterocycles. The van der Waals surface area contributed by atoms with Crippen molar-refractivity contribution in [2.75, 3.05) is 7.05 Å². The van der Waals surface area contributed by atoms with Crippen molar-refractivity contribution in [3.8, 4) is 0 Å². The number of hydrogen-bond acceptors (Lipinski definition) is 3. The van der Waals surface area contributed by atoms with Crippen LogP contribution in [-0.4, -0.2) is 17.1 Å². The van der Waals surface area contributed by atoms with Gasteiger partial charge in [0.1, 0.15) is 11.6 Å². The van der Waals surface area contributed by atoms with Gasteiger partial charge in [-0.1, -0.05) is 23.4 Å². The molecule has 0 fully saturated rings. The molecule has 0 atom stereocenters. The molecule has 0 aliphatic heterocycles. The van der Waals surface area contributed by atoms with Crippen molar-refractivity contribution in [3.63, 3.8) is 0 Å². The molecule has 1 aromatic carbocycles. The number of nitrogens with zero attached hydrogens (tertiary/aromatic N) is 2. The summed E-state index contributed by atoms with van der Waals surface area (Å²) in [6.45, 7) is 5.08. The Balaban J connectivity index is 2.06.